The maximum absolute atomic E-state index is 6.36. The third kappa shape index (κ3) is 3.16. The second kappa shape index (κ2) is 6.49. The molecule has 0 aliphatic heterocycles. The second-order valence-corrected chi connectivity index (χ2v) is 7.20. The fourth-order valence-corrected chi connectivity index (χ4v) is 4.31. The molecule has 0 bridgehead atoms. The fourth-order valence-electron chi connectivity index (χ4n) is 2.54. The molecule has 1 heterocycles. The van der Waals surface area contributed by atoms with Gasteiger partial charge in [-0.1, -0.05) is 51.8 Å². The maximum Gasteiger partial charge on any atom is 0.0449 e. The average Bonchev–Trinajstić information content (AvgIpc) is 2.91. The Morgan fingerprint density at radius 3 is 2.81 bits per heavy atom. The number of halogens is 2. The average molecular weight is 381 g/mol. The lowest BCUT2D eigenvalue weighted by molar-refractivity contribution is 0.598. The van der Waals surface area contributed by atoms with E-state index < -0.39 is 0 Å². The number of fused-ring (bicyclic) bond motifs is 1. The molecule has 0 saturated heterocycles. The SMILES string of the molecule is CNC(Cc1ccc(Br)cc1Cl)c1csc2ccccc12. The first-order chi connectivity index (χ1) is 10.2. The number of likely N-dealkylation sites (N-methyl/N-ethyl adjacent to an activating group) is 1. The molecule has 0 amide bonds. The summed E-state index contributed by atoms with van der Waals surface area (Å²) in [6.07, 6.45) is 0.878. The molecule has 21 heavy (non-hydrogen) atoms. The quantitative estimate of drug-likeness (QED) is 0.601. The van der Waals surface area contributed by atoms with Gasteiger partial charge in [0.05, 0.1) is 0 Å². The predicted octanol–water partition coefficient (Wildman–Crippen LogP) is 5.82. The van der Waals surface area contributed by atoms with Crippen LogP contribution in [-0.4, -0.2) is 7.05 Å². The summed E-state index contributed by atoms with van der Waals surface area (Å²) in [5.74, 6) is 0. The molecular weight excluding hydrogens is 366 g/mol. The Morgan fingerprint density at radius 1 is 1.24 bits per heavy atom. The van der Waals surface area contributed by atoms with Gasteiger partial charge in [-0.15, -0.1) is 11.3 Å². The second-order valence-electron chi connectivity index (χ2n) is 4.97. The van der Waals surface area contributed by atoms with Gasteiger partial charge in [-0.3, -0.25) is 0 Å². The Hall–Kier alpha value is -0.870. The first-order valence-electron chi connectivity index (χ1n) is 6.76. The van der Waals surface area contributed by atoms with Crippen molar-refractivity contribution in [2.24, 2.45) is 0 Å². The van der Waals surface area contributed by atoms with Gasteiger partial charge in [0.1, 0.15) is 0 Å². The predicted molar refractivity (Wildman–Crippen MR) is 96.5 cm³/mol. The van der Waals surface area contributed by atoms with E-state index in [1.54, 1.807) is 11.3 Å². The molecule has 3 rings (SSSR count). The maximum atomic E-state index is 6.36. The van der Waals surface area contributed by atoms with E-state index in [-0.39, 0.29) is 6.04 Å². The van der Waals surface area contributed by atoms with Crippen LogP contribution in [0.2, 0.25) is 5.02 Å². The summed E-state index contributed by atoms with van der Waals surface area (Å²) in [6, 6.07) is 14.9. The van der Waals surface area contributed by atoms with Crippen LogP contribution >= 0.6 is 38.9 Å². The zero-order valence-electron chi connectivity index (χ0n) is 11.6. The Morgan fingerprint density at radius 2 is 2.05 bits per heavy atom. The van der Waals surface area contributed by atoms with Crippen molar-refractivity contribution in [1.82, 2.24) is 5.32 Å². The molecule has 0 saturated carbocycles. The largest absolute Gasteiger partial charge is 0.313 e. The highest BCUT2D eigenvalue weighted by Crippen LogP contribution is 2.33. The van der Waals surface area contributed by atoms with Gasteiger partial charge in [-0.25, -0.2) is 0 Å². The van der Waals surface area contributed by atoms with E-state index in [0.717, 1.165) is 21.5 Å². The molecule has 1 aromatic heterocycles. The van der Waals surface area contributed by atoms with Gasteiger partial charge in [0.25, 0.3) is 0 Å². The zero-order chi connectivity index (χ0) is 14.8. The van der Waals surface area contributed by atoms with Crippen molar-refractivity contribution >= 4 is 49.0 Å². The monoisotopic (exact) mass is 379 g/mol. The highest BCUT2D eigenvalue weighted by atomic mass is 79.9. The van der Waals surface area contributed by atoms with Crippen LogP contribution in [-0.2, 0) is 6.42 Å². The van der Waals surface area contributed by atoms with Gasteiger partial charge < -0.3 is 5.32 Å². The van der Waals surface area contributed by atoms with Gasteiger partial charge in [-0.2, -0.15) is 0 Å². The van der Waals surface area contributed by atoms with Crippen LogP contribution in [0.1, 0.15) is 17.2 Å². The van der Waals surface area contributed by atoms with Crippen LogP contribution in [0.3, 0.4) is 0 Å². The van der Waals surface area contributed by atoms with Gasteiger partial charge >= 0.3 is 0 Å². The molecule has 1 atom stereocenters. The van der Waals surface area contributed by atoms with Crippen LogP contribution in [0.4, 0.5) is 0 Å². The molecule has 108 valence electrons. The van der Waals surface area contributed by atoms with Gasteiger partial charge in [0.15, 0.2) is 0 Å². The fraction of sp³-hybridized carbons (Fsp3) is 0.176. The molecule has 0 aliphatic carbocycles. The van der Waals surface area contributed by atoms with Crippen LogP contribution in [0.15, 0.2) is 52.3 Å². The van der Waals surface area contributed by atoms with E-state index in [0.29, 0.717) is 0 Å². The normalized spacial score (nSPS) is 12.7. The summed E-state index contributed by atoms with van der Waals surface area (Å²) < 4.78 is 2.34. The topological polar surface area (TPSA) is 12.0 Å². The van der Waals surface area contributed by atoms with Crippen molar-refractivity contribution in [2.45, 2.75) is 12.5 Å². The molecule has 4 heteroatoms. The van der Waals surface area contributed by atoms with E-state index in [1.165, 1.54) is 15.6 Å². The number of thiophene rings is 1. The Labute approximate surface area is 142 Å². The van der Waals surface area contributed by atoms with Crippen molar-refractivity contribution in [3.8, 4) is 0 Å². The zero-order valence-corrected chi connectivity index (χ0v) is 14.7. The van der Waals surface area contributed by atoms with Crippen molar-refractivity contribution < 1.29 is 0 Å². The molecule has 1 unspecified atom stereocenters. The van der Waals surface area contributed by atoms with Gasteiger partial charge in [0, 0.05) is 20.2 Å². The number of hydrogen-bond donors (Lipinski definition) is 1. The third-order valence-corrected chi connectivity index (χ3v) is 5.50. The Bertz CT molecular complexity index is 768. The summed E-state index contributed by atoms with van der Waals surface area (Å²) >= 11 is 11.6. The lowest BCUT2D eigenvalue weighted by Gasteiger charge is -2.17. The van der Waals surface area contributed by atoms with Crippen LogP contribution < -0.4 is 5.32 Å². The van der Waals surface area contributed by atoms with E-state index in [9.17, 15) is 0 Å². The van der Waals surface area contributed by atoms with Gasteiger partial charge in [0.2, 0.25) is 0 Å². The summed E-state index contributed by atoms with van der Waals surface area (Å²) in [7, 11) is 2.00. The van der Waals surface area contributed by atoms with Crippen molar-refractivity contribution in [3.05, 3.63) is 68.5 Å². The minimum absolute atomic E-state index is 0.264. The Kier molecular flexibility index (Phi) is 4.65. The number of benzene rings is 2. The van der Waals surface area contributed by atoms with E-state index in [4.69, 9.17) is 11.6 Å². The molecule has 0 spiro atoms. The van der Waals surface area contributed by atoms with Gasteiger partial charge in [-0.05, 0) is 53.6 Å². The Balaban J connectivity index is 1.95. The van der Waals surface area contributed by atoms with E-state index in [2.05, 4.69) is 57.0 Å². The lowest BCUT2D eigenvalue weighted by Crippen LogP contribution is -2.18. The summed E-state index contributed by atoms with van der Waals surface area (Å²) in [4.78, 5) is 0. The molecule has 3 aromatic rings. The first kappa shape index (κ1) is 15.0. The van der Waals surface area contributed by atoms with Crippen molar-refractivity contribution in [1.29, 1.82) is 0 Å². The molecule has 1 N–H and O–H groups in total. The summed E-state index contributed by atoms with van der Waals surface area (Å²) in [5, 5.41) is 7.81. The van der Waals surface area contributed by atoms with E-state index in [1.807, 2.05) is 19.2 Å². The number of rotatable bonds is 4. The van der Waals surface area contributed by atoms with Crippen LogP contribution in [0.5, 0.6) is 0 Å². The standard InChI is InChI=1S/C17H15BrClNS/c1-20-16(8-11-6-7-12(18)9-15(11)19)14-10-21-17-5-3-2-4-13(14)17/h2-7,9-10,16,20H,8H2,1H3. The third-order valence-electron chi connectivity index (χ3n) is 3.67. The number of nitrogens with one attached hydrogen (secondary N) is 1. The van der Waals surface area contributed by atoms with Crippen LogP contribution in [0, 0.1) is 0 Å². The van der Waals surface area contributed by atoms with Crippen LogP contribution in [0.25, 0.3) is 10.1 Å². The first-order valence-corrected chi connectivity index (χ1v) is 8.81. The number of hydrogen-bond acceptors (Lipinski definition) is 2. The summed E-state index contributed by atoms with van der Waals surface area (Å²) in [5.41, 5.74) is 2.51. The minimum atomic E-state index is 0.264. The molecule has 0 radical (unpaired) electrons. The highest BCUT2D eigenvalue weighted by molar-refractivity contribution is 9.10. The minimum Gasteiger partial charge on any atom is -0.313 e. The molecule has 0 aliphatic rings. The van der Waals surface area contributed by atoms with E-state index >= 15 is 0 Å². The lowest BCUT2D eigenvalue weighted by atomic mass is 9.98. The van der Waals surface area contributed by atoms with Crippen molar-refractivity contribution in [2.75, 3.05) is 7.05 Å². The molecule has 1 nitrogen and oxygen atoms in total. The molecular formula is C17H15BrClNS. The molecule has 2 aromatic carbocycles. The smallest absolute Gasteiger partial charge is 0.0449 e. The highest BCUT2D eigenvalue weighted by Gasteiger charge is 2.16. The molecule has 0 fully saturated rings. The summed E-state index contributed by atoms with van der Waals surface area (Å²) in [6.45, 7) is 0. The van der Waals surface area contributed by atoms with Crippen molar-refractivity contribution in [3.63, 3.8) is 0 Å².